The Balaban J connectivity index is 1.67. The Morgan fingerprint density at radius 1 is 0.929 bits per heavy atom. The molecule has 0 radical (unpaired) electrons. The van der Waals surface area contributed by atoms with Gasteiger partial charge in [-0.2, -0.15) is 0 Å². The predicted octanol–water partition coefficient (Wildman–Crippen LogP) is 5.12. The Bertz CT molecular complexity index is 1140. The van der Waals surface area contributed by atoms with E-state index in [1.165, 1.54) is 0 Å². The highest BCUT2D eigenvalue weighted by atomic mass is 79.9. The highest BCUT2D eigenvalue weighted by molar-refractivity contribution is 9.10. The van der Waals surface area contributed by atoms with E-state index in [0.717, 1.165) is 32.2 Å². The maximum Gasteiger partial charge on any atom is 0.269 e. The number of aromatic nitrogens is 2. The van der Waals surface area contributed by atoms with Crippen LogP contribution in [0.3, 0.4) is 0 Å². The first-order chi connectivity index (χ1) is 13.6. The van der Waals surface area contributed by atoms with Crippen LogP contribution in [0.25, 0.3) is 22.2 Å². The van der Waals surface area contributed by atoms with Crippen molar-refractivity contribution < 1.29 is 4.79 Å². The van der Waals surface area contributed by atoms with Crippen molar-refractivity contribution in [1.29, 1.82) is 0 Å². The third-order valence-electron chi connectivity index (χ3n) is 4.31. The second-order valence-corrected chi connectivity index (χ2v) is 7.28. The molecule has 28 heavy (non-hydrogen) atoms. The Hall–Kier alpha value is -3.25. The average molecular weight is 433 g/mol. The molecule has 0 fully saturated rings. The lowest BCUT2D eigenvalue weighted by molar-refractivity contribution is 0.0962. The van der Waals surface area contributed by atoms with E-state index >= 15 is 0 Å². The summed E-state index contributed by atoms with van der Waals surface area (Å²) in [5.74, 6) is 0.0786. The van der Waals surface area contributed by atoms with E-state index in [4.69, 9.17) is 0 Å². The summed E-state index contributed by atoms with van der Waals surface area (Å²) in [6.07, 6.45) is 0. The van der Waals surface area contributed by atoms with Crippen LogP contribution < -0.4 is 10.9 Å². The third kappa shape index (κ3) is 3.87. The van der Waals surface area contributed by atoms with Gasteiger partial charge in [0, 0.05) is 21.0 Å². The maximum absolute atomic E-state index is 12.4. The zero-order valence-corrected chi connectivity index (χ0v) is 16.7. The number of anilines is 1. The Labute approximate surface area is 170 Å². The summed E-state index contributed by atoms with van der Waals surface area (Å²) in [4.78, 5) is 21.5. The lowest BCUT2D eigenvalue weighted by atomic mass is 10.1. The lowest BCUT2D eigenvalue weighted by Gasteiger charge is -2.12. The van der Waals surface area contributed by atoms with Crippen LogP contribution in [0.15, 0.2) is 77.3 Å². The van der Waals surface area contributed by atoms with Crippen LogP contribution in [-0.4, -0.2) is 15.9 Å². The monoisotopic (exact) mass is 432 g/mol. The second kappa shape index (κ2) is 7.78. The van der Waals surface area contributed by atoms with Crippen molar-refractivity contribution in [3.8, 4) is 11.3 Å². The summed E-state index contributed by atoms with van der Waals surface area (Å²) in [6.45, 7) is 1.98. The number of benzene rings is 3. The number of carbonyl (C=O) groups excluding carboxylic acids is 1. The number of amides is 1. The molecular formula is C22H17BrN4O. The number of nitrogens with zero attached hydrogens (tertiary/aromatic N) is 2. The van der Waals surface area contributed by atoms with Gasteiger partial charge >= 0.3 is 0 Å². The number of hydrogen-bond donors (Lipinski definition) is 2. The molecule has 4 aromatic rings. The Morgan fingerprint density at radius 3 is 2.43 bits per heavy atom. The third-order valence-corrected chi connectivity index (χ3v) is 4.80. The van der Waals surface area contributed by atoms with Gasteiger partial charge in [0.05, 0.1) is 11.2 Å². The van der Waals surface area contributed by atoms with Gasteiger partial charge in [0.25, 0.3) is 5.91 Å². The molecule has 0 bridgehead atoms. The molecule has 1 amide bonds. The van der Waals surface area contributed by atoms with E-state index in [0.29, 0.717) is 11.5 Å². The van der Waals surface area contributed by atoms with Gasteiger partial charge in [-0.3, -0.25) is 15.6 Å². The van der Waals surface area contributed by atoms with Crippen LogP contribution in [0.2, 0.25) is 0 Å². The fourth-order valence-electron chi connectivity index (χ4n) is 2.86. The lowest BCUT2D eigenvalue weighted by Crippen LogP contribution is -2.30. The van der Waals surface area contributed by atoms with Gasteiger partial charge in [-0.25, -0.2) is 9.97 Å². The van der Waals surface area contributed by atoms with Gasteiger partial charge in [0.1, 0.15) is 0 Å². The van der Waals surface area contributed by atoms with Crippen LogP contribution in [0.4, 0.5) is 5.95 Å². The minimum Gasteiger partial charge on any atom is -0.267 e. The van der Waals surface area contributed by atoms with Crippen LogP contribution in [0.1, 0.15) is 15.9 Å². The van der Waals surface area contributed by atoms with Crippen molar-refractivity contribution in [3.63, 3.8) is 0 Å². The number of hydrogen-bond acceptors (Lipinski definition) is 4. The van der Waals surface area contributed by atoms with Gasteiger partial charge in [0.2, 0.25) is 5.95 Å². The smallest absolute Gasteiger partial charge is 0.267 e. The number of hydrazine groups is 1. The summed E-state index contributed by atoms with van der Waals surface area (Å²) < 4.78 is 0.953. The minimum atomic E-state index is -0.249. The standard InChI is InChI=1S/C22H17BrN4O/c1-14-7-9-16(10-8-14)21(28)26-27-22-24-19-12-11-17(23)13-18(19)20(25-22)15-5-3-2-4-6-15/h2-13H,1H3,(H,26,28)(H,24,25,27). The molecule has 0 saturated carbocycles. The van der Waals surface area contributed by atoms with Crippen molar-refractivity contribution in [3.05, 3.63) is 88.4 Å². The molecule has 1 heterocycles. The minimum absolute atomic E-state index is 0.249. The van der Waals surface area contributed by atoms with E-state index < -0.39 is 0 Å². The van der Waals surface area contributed by atoms with E-state index in [-0.39, 0.29) is 5.91 Å². The summed E-state index contributed by atoms with van der Waals surface area (Å²) in [5, 5.41) is 0.927. The SMILES string of the molecule is Cc1ccc(C(=O)NNc2nc(-c3ccccc3)c3cc(Br)ccc3n2)cc1. The van der Waals surface area contributed by atoms with Crippen molar-refractivity contribution >= 4 is 38.7 Å². The topological polar surface area (TPSA) is 66.9 Å². The highest BCUT2D eigenvalue weighted by Crippen LogP contribution is 2.29. The first-order valence-corrected chi connectivity index (χ1v) is 9.55. The number of nitrogens with one attached hydrogen (secondary N) is 2. The molecule has 6 heteroatoms. The van der Waals surface area contributed by atoms with E-state index in [1.807, 2.05) is 67.6 Å². The fourth-order valence-corrected chi connectivity index (χ4v) is 3.22. The maximum atomic E-state index is 12.4. The molecule has 5 nitrogen and oxygen atoms in total. The number of rotatable bonds is 4. The van der Waals surface area contributed by atoms with Crippen molar-refractivity contribution in [2.75, 3.05) is 5.43 Å². The van der Waals surface area contributed by atoms with Gasteiger partial charge in [-0.05, 0) is 37.3 Å². The number of halogens is 1. The van der Waals surface area contributed by atoms with Crippen LogP contribution in [-0.2, 0) is 0 Å². The molecule has 0 atom stereocenters. The molecule has 0 unspecified atom stereocenters. The average Bonchev–Trinajstić information content (AvgIpc) is 2.72. The van der Waals surface area contributed by atoms with Gasteiger partial charge in [-0.15, -0.1) is 0 Å². The molecule has 3 aromatic carbocycles. The molecule has 0 aliphatic heterocycles. The van der Waals surface area contributed by atoms with Gasteiger partial charge in [0.15, 0.2) is 0 Å². The van der Waals surface area contributed by atoms with E-state index in [1.54, 1.807) is 12.1 Å². The normalized spacial score (nSPS) is 10.6. The molecular weight excluding hydrogens is 416 g/mol. The number of aryl methyl sites for hydroxylation is 1. The zero-order valence-electron chi connectivity index (χ0n) is 15.1. The first-order valence-electron chi connectivity index (χ1n) is 8.76. The molecule has 0 saturated heterocycles. The van der Waals surface area contributed by atoms with Crippen molar-refractivity contribution in [1.82, 2.24) is 15.4 Å². The second-order valence-electron chi connectivity index (χ2n) is 6.37. The van der Waals surface area contributed by atoms with E-state index in [2.05, 4.69) is 36.7 Å². The van der Waals surface area contributed by atoms with Crippen molar-refractivity contribution in [2.24, 2.45) is 0 Å². The number of fused-ring (bicyclic) bond motifs is 1. The molecule has 0 spiro atoms. The Morgan fingerprint density at radius 2 is 1.68 bits per heavy atom. The largest absolute Gasteiger partial charge is 0.269 e. The summed E-state index contributed by atoms with van der Waals surface area (Å²) in [5.41, 5.74) is 9.71. The van der Waals surface area contributed by atoms with E-state index in [9.17, 15) is 4.79 Å². The van der Waals surface area contributed by atoms with Gasteiger partial charge in [-0.1, -0.05) is 64.0 Å². The molecule has 0 aliphatic rings. The van der Waals surface area contributed by atoms with Crippen LogP contribution >= 0.6 is 15.9 Å². The molecule has 2 N–H and O–H groups in total. The highest BCUT2D eigenvalue weighted by Gasteiger charge is 2.11. The summed E-state index contributed by atoms with van der Waals surface area (Å²) in [7, 11) is 0. The van der Waals surface area contributed by atoms with Crippen LogP contribution in [0.5, 0.6) is 0 Å². The van der Waals surface area contributed by atoms with Crippen molar-refractivity contribution in [2.45, 2.75) is 6.92 Å². The summed E-state index contributed by atoms with van der Waals surface area (Å²) >= 11 is 3.51. The quantitative estimate of drug-likeness (QED) is 0.438. The molecule has 138 valence electrons. The first kappa shape index (κ1) is 18.1. The molecule has 4 rings (SSSR count). The molecule has 1 aromatic heterocycles. The predicted molar refractivity (Wildman–Crippen MR) is 115 cm³/mol. The molecule has 0 aliphatic carbocycles. The Kier molecular flexibility index (Phi) is 5.04. The zero-order chi connectivity index (χ0) is 19.5. The van der Waals surface area contributed by atoms with Gasteiger partial charge < -0.3 is 0 Å². The van der Waals surface area contributed by atoms with Crippen LogP contribution in [0, 0.1) is 6.92 Å². The fraction of sp³-hybridized carbons (Fsp3) is 0.0455. The summed E-state index contributed by atoms with van der Waals surface area (Å²) in [6, 6.07) is 23.1. The number of carbonyl (C=O) groups is 1.